The molecule has 0 unspecified atom stereocenters. The van der Waals surface area contributed by atoms with Crippen molar-refractivity contribution in [2.75, 3.05) is 24.5 Å². The van der Waals surface area contributed by atoms with Crippen molar-refractivity contribution >= 4 is 11.6 Å². The fraction of sp³-hybridized carbons (Fsp3) is 0.538. The first-order valence-electron chi connectivity index (χ1n) is 6.19. The van der Waals surface area contributed by atoms with E-state index in [2.05, 4.69) is 27.3 Å². The van der Waals surface area contributed by atoms with Crippen LogP contribution in [0.5, 0.6) is 0 Å². The van der Waals surface area contributed by atoms with Crippen LogP contribution >= 0.6 is 0 Å². The molecule has 0 aromatic carbocycles. The lowest BCUT2D eigenvalue weighted by molar-refractivity contribution is -0.119. The zero-order valence-corrected chi connectivity index (χ0v) is 9.85. The second-order valence-electron chi connectivity index (χ2n) is 5.15. The quantitative estimate of drug-likeness (QED) is 0.789. The molecule has 0 atom stereocenters. The third-order valence-corrected chi connectivity index (χ3v) is 4.05. The fourth-order valence-electron chi connectivity index (χ4n) is 2.90. The minimum Gasteiger partial charge on any atom is -0.371 e. The Labute approximate surface area is 101 Å². The molecule has 1 amide bonds. The van der Waals surface area contributed by atoms with E-state index in [4.69, 9.17) is 0 Å². The smallest absolute Gasteiger partial charge is 0.220 e. The van der Waals surface area contributed by atoms with Crippen LogP contribution in [0.25, 0.3) is 0 Å². The van der Waals surface area contributed by atoms with Gasteiger partial charge in [0, 0.05) is 44.1 Å². The Morgan fingerprint density at radius 2 is 1.94 bits per heavy atom. The number of hydrogen-bond acceptors (Lipinski definition) is 3. The predicted molar refractivity (Wildman–Crippen MR) is 65.7 cm³/mol. The summed E-state index contributed by atoms with van der Waals surface area (Å²) in [7, 11) is 0. The molecule has 90 valence electrons. The monoisotopic (exact) mass is 231 g/mol. The number of hydrogen-bond donors (Lipinski definition) is 1. The van der Waals surface area contributed by atoms with Gasteiger partial charge in [0.1, 0.15) is 0 Å². The molecule has 3 rings (SSSR count). The Kier molecular flexibility index (Phi) is 2.50. The Bertz CT molecular complexity index is 410. The van der Waals surface area contributed by atoms with E-state index in [9.17, 15) is 4.79 Å². The van der Waals surface area contributed by atoms with E-state index < -0.39 is 0 Å². The van der Waals surface area contributed by atoms with Crippen LogP contribution < -0.4 is 10.2 Å². The number of anilines is 1. The molecule has 2 saturated heterocycles. The molecule has 2 aliphatic heterocycles. The van der Waals surface area contributed by atoms with Gasteiger partial charge in [0.2, 0.25) is 5.91 Å². The highest BCUT2D eigenvalue weighted by atomic mass is 16.1. The molecule has 3 heterocycles. The molecule has 2 aliphatic rings. The molecule has 4 heteroatoms. The van der Waals surface area contributed by atoms with Gasteiger partial charge in [0.15, 0.2) is 0 Å². The molecule has 17 heavy (non-hydrogen) atoms. The van der Waals surface area contributed by atoms with Crippen LogP contribution in [0, 0.1) is 5.41 Å². The Morgan fingerprint density at radius 3 is 2.53 bits per heavy atom. The fourth-order valence-corrected chi connectivity index (χ4v) is 2.90. The summed E-state index contributed by atoms with van der Waals surface area (Å²) >= 11 is 0. The first kappa shape index (κ1) is 10.6. The summed E-state index contributed by atoms with van der Waals surface area (Å²) in [5.41, 5.74) is 1.48. The van der Waals surface area contributed by atoms with Crippen LogP contribution in [0.4, 0.5) is 5.69 Å². The highest BCUT2D eigenvalue weighted by Crippen LogP contribution is 2.38. The molecular formula is C13H17N3O. The molecule has 1 N–H and O–H groups in total. The van der Waals surface area contributed by atoms with Crippen LogP contribution in [-0.2, 0) is 4.79 Å². The van der Waals surface area contributed by atoms with Crippen molar-refractivity contribution in [3.05, 3.63) is 24.5 Å². The van der Waals surface area contributed by atoms with Gasteiger partial charge in [-0.3, -0.25) is 9.78 Å². The van der Waals surface area contributed by atoms with Gasteiger partial charge in [0.25, 0.3) is 0 Å². The van der Waals surface area contributed by atoms with Crippen molar-refractivity contribution in [3.8, 4) is 0 Å². The third kappa shape index (κ3) is 1.99. The van der Waals surface area contributed by atoms with Crippen LogP contribution in [-0.4, -0.2) is 30.5 Å². The zero-order chi connectivity index (χ0) is 11.7. The molecule has 1 aromatic rings. The SMILES string of the molecule is O=C1CC2(CCN(c3ccncc3)CC2)CN1. The van der Waals surface area contributed by atoms with Gasteiger partial charge >= 0.3 is 0 Å². The van der Waals surface area contributed by atoms with Crippen molar-refractivity contribution < 1.29 is 4.79 Å². The maximum Gasteiger partial charge on any atom is 0.220 e. The number of carbonyl (C=O) groups excluding carboxylic acids is 1. The van der Waals surface area contributed by atoms with Gasteiger partial charge < -0.3 is 10.2 Å². The van der Waals surface area contributed by atoms with Gasteiger partial charge in [-0.1, -0.05) is 0 Å². The zero-order valence-electron chi connectivity index (χ0n) is 9.85. The molecule has 0 radical (unpaired) electrons. The second-order valence-corrected chi connectivity index (χ2v) is 5.15. The lowest BCUT2D eigenvalue weighted by Gasteiger charge is -2.39. The van der Waals surface area contributed by atoms with E-state index in [0.29, 0.717) is 0 Å². The van der Waals surface area contributed by atoms with E-state index in [1.54, 1.807) is 0 Å². The van der Waals surface area contributed by atoms with Gasteiger partial charge in [-0.15, -0.1) is 0 Å². The number of piperidine rings is 1. The Morgan fingerprint density at radius 1 is 1.24 bits per heavy atom. The molecule has 0 aliphatic carbocycles. The molecule has 1 spiro atoms. The predicted octanol–water partition coefficient (Wildman–Crippen LogP) is 1.19. The van der Waals surface area contributed by atoms with Gasteiger partial charge in [0.05, 0.1) is 0 Å². The molecule has 2 fully saturated rings. The van der Waals surface area contributed by atoms with E-state index >= 15 is 0 Å². The van der Waals surface area contributed by atoms with Crippen LogP contribution in [0.2, 0.25) is 0 Å². The summed E-state index contributed by atoms with van der Waals surface area (Å²) in [5, 5.41) is 2.97. The second kappa shape index (κ2) is 4.02. The minimum absolute atomic E-state index is 0.224. The number of aromatic nitrogens is 1. The minimum atomic E-state index is 0.224. The van der Waals surface area contributed by atoms with Crippen molar-refractivity contribution in [3.63, 3.8) is 0 Å². The number of nitrogens with zero attached hydrogens (tertiary/aromatic N) is 2. The lowest BCUT2D eigenvalue weighted by Crippen LogP contribution is -2.41. The average molecular weight is 231 g/mol. The first-order chi connectivity index (χ1) is 8.27. The van der Waals surface area contributed by atoms with Gasteiger partial charge in [-0.25, -0.2) is 0 Å². The average Bonchev–Trinajstić information content (AvgIpc) is 2.73. The summed E-state index contributed by atoms with van der Waals surface area (Å²) in [6, 6.07) is 4.10. The van der Waals surface area contributed by atoms with Gasteiger partial charge in [-0.05, 0) is 30.4 Å². The summed E-state index contributed by atoms with van der Waals surface area (Å²) in [6.07, 6.45) is 6.60. The first-order valence-corrected chi connectivity index (χ1v) is 6.19. The number of carbonyl (C=O) groups is 1. The van der Waals surface area contributed by atoms with E-state index in [1.165, 1.54) is 5.69 Å². The number of rotatable bonds is 1. The highest BCUT2D eigenvalue weighted by molar-refractivity contribution is 5.79. The molecule has 1 aromatic heterocycles. The van der Waals surface area contributed by atoms with Gasteiger partial charge in [-0.2, -0.15) is 0 Å². The number of amides is 1. The maximum absolute atomic E-state index is 11.3. The maximum atomic E-state index is 11.3. The number of pyridine rings is 1. The van der Waals surface area contributed by atoms with Crippen molar-refractivity contribution in [2.45, 2.75) is 19.3 Å². The summed E-state index contributed by atoms with van der Waals surface area (Å²) in [6.45, 7) is 2.95. The largest absolute Gasteiger partial charge is 0.371 e. The number of nitrogens with one attached hydrogen (secondary N) is 1. The summed E-state index contributed by atoms with van der Waals surface area (Å²) < 4.78 is 0. The van der Waals surface area contributed by atoms with E-state index in [1.807, 2.05) is 12.4 Å². The standard InChI is InChI=1S/C13H17N3O/c17-12-9-13(10-15-12)3-7-16(8-4-13)11-1-5-14-6-2-11/h1-2,5-6H,3-4,7-10H2,(H,15,17). The van der Waals surface area contributed by atoms with Crippen molar-refractivity contribution in [1.82, 2.24) is 10.3 Å². The Balaban J connectivity index is 1.67. The molecule has 0 saturated carbocycles. The molecule has 4 nitrogen and oxygen atoms in total. The van der Waals surface area contributed by atoms with Crippen LogP contribution in [0.15, 0.2) is 24.5 Å². The van der Waals surface area contributed by atoms with Crippen molar-refractivity contribution in [1.29, 1.82) is 0 Å². The molecule has 0 bridgehead atoms. The normalized spacial score (nSPS) is 22.8. The lowest BCUT2D eigenvalue weighted by atomic mass is 9.77. The highest BCUT2D eigenvalue weighted by Gasteiger charge is 2.40. The summed E-state index contributed by atoms with van der Waals surface area (Å²) in [5.74, 6) is 0.224. The van der Waals surface area contributed by atoms with E-state index in [-0.39, 0.29) is 11.3 Å². The van der Waals surface area contributed by atoms with E-state index in [0.717, 1.165) is 38.9 Å². The third-order valence-electron chi connectivity index (χ3n) is 4.05. The summed E-state index contributed by atoms with van der Waals surface area (Å²) in [4.78, 5) is 17.8. The van der Waals surface area contributed by atoms with Crippen molar-refractivity contribution in [2.24, 2.45) is 5.41 Å². The topological polar surface area (TPSA) is 45.2 Å². The Hall–Kier alpha value is -1.58. The van der Waals surface area contributed by atoms with Crippen LogP contribution in [0.3, 0.4) is 0 Å². The van der Waals surface area contributed by atoms with Crippen LogP contribution in [0.1, 0.15) is 19.3 Å². The molecular weight excluding hydrogens is 214 g/mol.